The molecule has 1 rings (SSSR count). The summed E-state index contributed by atoms with van der Waals surface area (Å²) < 4.78 is 0. The molecule has 1 amide bonds. The van der Waals surface area contributed by atoms with Crippen LogP contribution in [0, 0.1) is 5.41 Å². The molecule has 1 unspecified atom stereocenters. The van der Waals surface area contributed by atoms with Crippen molar-refractivity contribution >= 4 is 5.91 Å². The summed E-state index contributed by atoms with van der Waals surface area (Å²) in [6.07, 6.45) is 8.03. The van der Waals surface area contributed by atoms with E-state index in [9.17, 15) is 4.79 Å². The molecular formula is C12H19NO. The van der Waals surface area contributed by atoms with Crippen LogP contribution in [-0.2, 0) is 4.79 Å². The first kappa shape index (κ1) is 11.0. The number of rotatable bonds is 3. The standard InChI is InChI=1S/C12H19NO/c1-4-12(3)8-6-7-10(9-12)11(14)13-5-2/h6-8H,4-5,9H2,1-3H3,(H,13,14). The molecular weight excluding hydrogens is 174 g/mol. The molecule has 0 spiro atoms. The number of carbonyl (C=O) groups excluding carboxylic acids is 1. The van der Waals surface area contributed by atoms with Crippen LogP contribution in [-0.4, -0.2) is 12.5 Å². The minimum atomic E-state index is 0.0801. The van der Waals surface area contributed by atoms with Crippen LogP contribution in [0.15, 0.2) is 23.8 Å². The van der Waals surface area contributed by atoms with E-state index in [0.29, 0.717) is 6.54 Å². The molecule has 0 aliphatic heterocycles. The van der Waals surface area contributed by atoms with E-state index in [0.717, 1.165) is 18.4 Å². The molecule has 0 aromatic carbocycles. The minimum Gasteiger partial charge on any atom is -0.353 e. The third-order valence-electron chi connectivity index (χ3n) is 2.83. The summed E-state index contributed by atoms with van der Waals surface area (Å²) in [5.41, 5.74) is 1.06. The van der Waals surface area contributed by atoms with E-state index in [1.165, 1.54) is 0 Å². The van der Waals surface area contributed by atoms with Crippen LogP contribution in [0.2, 0.25) is 0 Å². The van der Waals surface area contributed by atoms with Crippen molar-refractivity contribution in [1.29, 1.82) is 0 Å². The monoisotopic (exact) mass is 193 g/mol. The van der Waals surface area contributed by atoms with Gasteiger partial charge in [0.15, 0.2) is 0 Å². The second-order valence-corrected chi connectivity index (χ2v) is 4.09. The topological polar surface area (TPSA) is 29.1 Å². The average Bonchev–Trinajstić information content (AvgIpc) is 2.18. The Kier molecular flexibility index (Phi) is 3.50. The Labute approximate surface area is 86.1 Å². The van der Waals surface area contributed by atoms with Gasteiger partial charge < -0.3 is 5.32 Å². The van der Waals surface area contributed by atoms with E-state index in [1.54, 1.807) is 0 Å². The van der Waals surface area contributed by atoms with E-state index in [1.807, 2.05) is 19.1 Å². The maximum atomic E-state index is 11.6. The summed E-state index contributed by atoms with van der Waals surface area (Å²) in [4.78, 5) is 11.6. The highest BCUT2D eigenvalue weighted by Gasteiger charge is 2.25. The molecule has 14 heavy (non-hydrogen) atoms. The number of carbonyl (C=O) groups is 1. The van der Waals surface area contributed by atoms with Crippen LogP contribution in [0.4, 0.5) is 0 Å². The zero-order valence-electron chi connectivity index (χ0n) is 9.26. The van der Waals surface area contributed by atoms with Gasteiger partial charge in [0.25, 0.3) is 0 Å². The first-order valence-electron chi connectivity index (χ1n) is 5.28. The zero-order valence-corrected chi connectivity index (χ0v) is 9.26. The molecule has 1 atom stereocenters. The molecule has 0 bridgehead atoms. The first-order valence-corrected chi connectivity index (χ1v) is 5.28. The molecule has 78 valence electrons. The third kappa shape index (κ3) is 2.47. The maximum Gasteiger partial charge on any atom is 0.247 e. The van der Waals surface area contributed by atoms with Gasteiger partial charge in [0.2, 0.25) is 5.91 Å². The molecule has 2 heteroatoms. The Morgan fingerprint density at radius 3 is 2.86 bits per heavy atom. The summed E-state index contributed by atoms with van der Waals surface area (Å²) in [6.45, 7) is 6.99. The van der Waals surface area contributed by atoms with Crippen molar-refractivity contribution < 1.29 is 4.79 Å². The minimum absolute atomic E-state index is 0.0801. The van der Waals surface area contributed by atoms with Crippen LogP contribution in [0.1, 0.15) is 33.6 Å². The van der Waals surface area contributed by atoms with Gasteiger partial charge in [0.05, 0.1) is 0 Å². The SMILES string of the molecule is CCNC(=O)C1=CC=CC(C)(CC)C1. The number of amides is 1. The smallest absolute Gasteiger partial charge is 0.247 e. The van der Waals surface area contributed by atoms with Gasteiger partial charge in [-0.05, 0) is 25.2 Å². The van der Waals surface area contributed by atoms with Crippen LogP contribution in [0.25, 0.3) is 0 Å². The van der Waals surface area contributed by atoms with Crippen molar-refractivity contribution in [2.75, 3.05) is 6.54 Å². The summed E-state index contributed by atoms with van der Waals surface area (Å²) in [6, 6.07) is 0. The second-order valence-electron chi connectivity index (χ2n) is 4.09. The molecule has 0 heterocycles. The molecule has 0 aromatic rings. The first-order chi connectivity index (χ1) is 6.61. The summed E-state index contributed by atoms with van der Waals surface area (Å²) >= 11 is 0. The lowest BCUT2D eigenvalue weighted by molar-refractivity contribution is -0.117. The molecule has 0 radical (unpaired) electrons. The fraction of sp³-hybridized carbons (Fsp3) is 0.583. The Morgan fingerprint density at radius 1 is 1.57 bits per heavy atom. The van der Waals surface area contributed by atoms with Crippen LogP contribution in [0.3, 0.4) is 0 Å². The average molecular weight is 193 g/mol. The summed E-state index contributed by atoms with van der Waals surface area (Å²) in [7, 11) is 0. The highest BCUT2D eigenvalue weighted by atomic mass is 16.1. The second kappa shape index (κ2) is 4.45. The number of likely N-dealkylation sites (N-methyl/N-ethyl adjacent to an activating group) is 1. The van der Waals surface area contributed by atoms with E-state index in [-0.39, 0.29) is 11.3 Å². The summed E-state index contributed by atoms with van der Waals surface area (Å²) in [5, 5.41) is 2.84. The molecule has 1 N–H and O–H groups in total. The van der Waals surface area contributed by atoms with Gasteiger partial charge in [0, 0.05) is 12.1 Å². The van der Waals surface area contributed by atoms with Gasteiger partial charge in [0.1, 0.15) is 0 Å². The number of hydrogen-bond donors (Lipinski definition) is 1. The number of hydrogen-bond acceptors (Lipinski definition) is 1. The lowest BCUT2D eigenvalue weighted by atomic mass is 9.78. The fourth-order valence-corrected chi connectivity index (χ4v) is 1.62. The fourth-order valence-electron chi connectivity index (χ4n) is 1.62. The molecule has 0 fully saturated rings. The third-order valence-corrected chi connectivity index (χ3v) is 2.83. The molecule has 1 aliphatic carbocycles. The molecule has 1 aliphatic rings. The van der Waals surface area contributed by atoms with Crippen molar-refractivity contribution in [1.82, 2.24) is 5.32 Å². The normalized spacial score (nSPS) is 25.8. The van der Waals surface area contributed by atoms with Gasteiger partial charge in [-0.3, -0.25) is 4.79 Å². The quantitative estimate of drug-likeness (QED) is 0.732. The highest BCUT2D eigenvalue weighted by Crippen LogP contribution is 2.34. The highest BCUT2D eigenvalue weighted by molar-refractivity contribution is 5.94. The number of allylic oxidation sites excluding steroid dienone is 3. The lowest BCUT2D eigenvalue weighted by Crippen LogP contribution is -2.28. The number of nitrogens with one attached hydrogen (secondary N) is 1. The van der Waals surface area contributed by atoms with E-state index in [2.05, 4.69) is 25.2 Å². The zero-order chi connectivity index (χ0) is 10.6. The molecule has 0 saturated carbocycles. The maximum absolute atomic E-state index is 11.6. The Bertz CT molecular complexity index is 278. The Morgan fingerprint density at radius 2 is 2.29 bits per heavy atom. The van der Waals surface area contributed by atoms with Gasteiger partial charge in [-0.15, -0.1) is 0 Å². The largest absolute Gasteiger partial charge is 0.353 e. The van der Waals surface area contributed by atoms with Crippen molar-refractivity contribution in [3.63, 3.8) is 0 Å². The predicted octanol–water partition coefficient (Wildman–Crippen LogP) is 2.43. The van der Waals surface area contributed by atoms with Gasteiger partial charge in [-0.1, -0.05) is 32.1 Å². The van der Waals surface area contributed by atoms with E-state index >= 15 is 0 Å². The van der Waals surface area contributed by atoms with Crippen LogP contribution in [0.5, 0.6) is 0 Å². The molecule has 0 saturated heterocycles. The van der Waals surface area contributed by atoms with Gasteiger partial charge >= 0.3 is 0 Å². The Hall–Kier alpha value is -1.05. The van der Waals surface area contributed by atoms with Crippen molar-refractivity contribution in [2.24, 2.45) is 5.41 Å². The van der Waals surface area contributed by atoms with Crippen molar-refractivity contribution in [2.45, 2.75) is 33.6 Å². The molecule has 2 nitrogen and oxygen atoms in total. The lowest BCUT2D eigenvalue weighted by Gasteiger charge is -2.27. The van der Waals surface area contributed by atoms with Crippen LogP contribution >= 0.6 is 0 Å². The summed E-state index contributed by atoms with van der Waals surface area (Å²) in [5.74, 6) is 0.0801. The van der Waals surface area contributed by atoms with Gasteiger partial charge in [-0.25, -0.2) is 0 Å². The van der Waals surface area contributed by atoms with E-state index in [4.69, 9.17) is 0 Å². The van der Waals surface area contributed by atoms with Crippen LogP contribution < -0.4 is 5.32 Å². The predicted molar refractivity (Wildman–Crippen MR) is 58.9 cm³/mol. The van der Waals surface area contributed by atoms with E-state index < -0.39 is 0 Å². The molecule has 0 aromatic heterocycles. The van der Waals surface area contributed by atoms with Gasteiger partial charge in [-0.2, -0.15) is 0 Å². The van der Waals surface area contributed by atoms with Crippen molar-refractivity contribution in [3.05, 3.63) is 23.8 Å². The Balaban J connectivity index is 2.70. The van der Waals surface area contributed by atoms with Crippen molar-refractivity contribution in [3.8, 4) is 0 Å².